The number of benzene rings is 2. The van der Waals surface area contributed by atoms with E-state index >= 15 is 0 Å². The Morgan fingerprint density at radius 1 is 1.11 bits per heavy atom. The molecule has 0 heterocycles. The summed E-state index contributed by atoms with van der Waals surface area (Å²) in [6, 6.07) is 10.8. The van der Waals surface area contributed by atoms with Crippen LogP contribution in [0.25, 0.3) is 0 Å². The van der Waals surface area contributed by atoms with Crippen LogP contribution in [-0.2, 0) is 26.2 Å². The number of ether oxygens (including phenoxy) is 1. The number of hydrogen-bond acceptors (Lipinski definition) is 7. The molecule has 0 radical (unpaired) electrons. The predicted molar refractivity (Wildman–Crippen MR) is 132 cm³/mol. The third-order valence-corrected chi connectivity index (χ3v) is 6.26. The van der Waals surface area contributed by atoms with Gasteiger partial charge in [-0.15, -0.1) is 0 Å². The van der Waals surface area contributed by atoms with Gasteiger partial charge in [-0.25, -0.2) is 8.42 Å². The molecule has 0 saturated carbocycles. The zero-order chi connectivity index (χ0) is 26.3. The van der Waals surface area contributed by atoms with E-state index in [1.54, 1.807) is 45.0 Å². The summed E-state index contributed by atoms with van der Waals surface area (Å²) >= 11 is 0. The number of nitrogens with zero attached hydrogens (tertiary/aromatic N) is 3. The fourth-order valence-electron chi connectivity index (χ4n) is 3.29. The molecule has 1 atom stereocenters. The highest BCUT2D eigenvalue weighted by Gasteiger charge is 2.30. The van der Waals surface area contributed by atoms with E-state index in [4.69, 9.17) is 4.74 Å². The molecule has 1 unspecified atom stereocenters. The molecule has 0 aliphatic rings. The standard InChI is InChI=1S/C23H30N4O7S/c1-16(2)24-23(29)17(3)25(14-18-9-11-21(34-4)12-10-18)22(28)15-26(35(5,32)33)19-7-6-8-20(13-19)27(30)31/h6-13,16-17H,14-15H2,1-5H3,(H,24,29). The summed E-state index contributed by atoms with van der Waals surface area (Å²) in [7, 11) is -2.47. The molecule has 2 aromatic rings. The molecule has 11 nitrogen and oxygen atoms in total. The lowest BCUT2D eigenvalue weighted by Gasteiger charge is -2.31. The van der Waals surface area contributed by atoms with E-state index in [-0.39, 0.29) is 24.0 Å². The highest BCUT2D eigenvalue weighted by Crippen LogP contribution is 2.24. The van der Waals surface area contributed by atoms with E-state index in [2.05, 4.69) is 5.32 Å². The normalized spacial score (nSPS) is 12.1. The molecular weight excluding hydrogens is 476 g/mol. The highest BCUT2D eigenvalue weighted by molar-refractivity contribution is 7.92. The molecule has 0 fully saturated rings. The van der Waals surface area contributed by atoms with Gasteiger partial charge in [0.1, 0.15) is 18.3 Å². The minimum Gasteiger partial charge on any atom is -0.497 e. The second kappa shape index (κ2) is 11.6. The smallest absolute Gasteiger partial charge is 0.271 e. The van der Waals surface area contributed by atoms with E-state index in [1.165, 1.54) is 30.2 Å². The fraction of sp³-hybridized carbons (Fsp3) is 0.391. The molecule has 12 heteroatoms. The molecule has 0 spiro atoms. The fourth-order valence-corrected chi connectivity index (χ4v) is 4.13. The van der Waals surface area contributed by atoms with Crippen molar-refractivity contribution < 1.29 is 27.7 Å². The summed E-state index contributed by atoms with van der Waals surface area (Å²) in [4.78, 5) is 37.9. The number of carbonyl (C=O) groups is 2. The van der Waals surface area contributed by atoms with Crippen molar-refractivity contribution in [1.29, 1.82) is 0 Å². The average molecular weight is 507 g/mol. The van der Waals surface area contributed by atoms with Crippen LogP contribution in [0.5, 0.6) is 5.75 Å². The van der Waals surface area contributed by atoms with Gasteiger partial charge in [0.2, 0.25) is 21.8 Å². The van der Waals surface area contributed by atoms with Crippen LogP contribution in [0.4, 0.5) is 11.4 Å². The average Bonchev–Trinajstić information content (AvgIpc) is 2.79. The van der Waals surface area contributed by atoms with E-state index in [9.17, 15) is 28.1 Å². The van der Waals surface area contributed by atoms with Gasteiger partial charge in [0.15, 0.2) is 0 Å². The molecule has 1 N–H and O–H groups in total. The molecule has 35 heavy (non-hydrogen) atoms. The molecule has 0 aliphatic carbocycles. The Labute approximate surface area is 204 Å². The Kier molecular flexibility index (Phi) is 9.18. The number of nitrogens with one attached hydrogen (secondary N) is 1. The van der Waals surface area contributed by atoms with Crippen molar-refractivity contribution in [2.45, 2.75) is 39.4 Å². The SMILES string of the molecule is COc1ccc(CN(C(=O)CN(c2cccc([N+](=O)[O-])c2)S(C)(=O)=O)C(C)C(=O)NC(C)C)cc1. The lowest BCUT2D eigenvalue weighted by Crippen LogP contribution is -2.52. The largest absolute Gasteiger partial charge is 0.497 e. The monoisotopic (exact) mass is 506 g/mol. The predicted octanol–water partition coefficient (Wildman–Crippen LogP) is 2.31. The zero-order valence-electron chi connectivity index (χ0n) is 20.3. The number of methoxy groups -OCH3 is 1. The third kappa shape index (κ3) is 7.67. The van der Waals surface area contributed by atoms with Gasteiger partial charge >= 0.3 is 0 Å². The van der Waals surface area contributed by atoms with Crippen LogP contribution in [0.15, 0.2) is 48.5 Å². The Hall–Kier alpha value is -3.67. The highest BCUT2D eigenvalue weighted by atomic mass is 32.2. The topological polar surface area (TPSA) is 139 Å². The number of sulfonamides is 1. The van der Waals surface area contributed by atoms with Crippen molar-refractivity contribution in [3.63, 3.8) is 0 Å². The molecule has 0 aromatic heterocycles. The van der Waals surface area contributed by atoms with Crippen molar-refractivity contribution in [1.82, 2.24) is 10.2 Å². The Morgan fingerprint density at radius 3 is 2.26 bits per heavy atom. The second-order valence-electron chi connectivity index (χ2n) is 8.26. The molecule has 0 aliphatic heterocycles. The molecule has 2 amide bonds. The Bertz CT molecular complexity index is 1170. The van der Waals surface area contributed by atoms with Gasteiger partial charge in [-0.3, -0.25) is 24.0 Å². The van der Waals surface area contributed by atoms with Crippen LogP contribution >= 0.6 is 0 Å². The summed E-state index contributed by atoms with van der Waals surface area (Å²) in [5, 5.41) is 13.9. The number of anilines is 1. The summed E-state index contributed by atoms with van der Waals surface area (Å²) in [6.45, 7) is 4.51. The van der Waals surface area contributed by atoms with E-state index in [0.717, 1.165) is 16.6 Å². The van der Waals surface area contributed by atoms with Gasteiger partial charge in [-0.2, -0.15) is 0 Å². The number of non-ortho nitro benzene ring substituents is 1. The summed E-state index contributed by atoms with van der Waals surface area (Å²) in [6.07, 6.45) is 0.905. The van der Waals surface area contributed by atoms with Gasteiger partial charge in [-0.05, 0) is 44.5 Å². The first-order valence-electron chi connectivity index (χ1n) is 10.8. The number of rotatable bonds is 11. The quantitative estimate of drug-likeness (QED) is 0.364. The molecule has 0 bridgehead atoms. The molecule has 0 saturated heterocycles. The van der Waals surface area contributed by atoms with Gasteiger partial charge < -0.3 is 15.0 Å². The van der Waals surface area contributed by atoms with Crippen LogP contribution < -0.4 is 14.4 Å². The summed E-state index contributed by atoms with van der Waals surface area (Å²) < 4.78 is 31.0. The minimum atomic E-state index is -3.99. The van der Waals surface area contributed by atoms with E-state index in [1.807, 2.05) is 0 Å². The third-order valence-electron chi connectivity index (χ3n) is 5.12. The maximum Gasteiger partial charge on any atom is 0.271 e. The molecule has 2 rings (SSSR count). The first-order chi connectivity index (χ1) is 16.3. The number of amides is 2. The van der Waals surface area contributed by atoms with E-state index in [0.29, 0.717) is 11.3 Å². The van der Waals surface area contributed by atoms with Gasteiger partial charge in [-0.1, -0.05) is 18.2 Å². The van der Waals surface area contributed by atoms with E-state index < -0.39 is 39.3 Å². The van der Waals surface area contributed by atoms with Gasteiger partial charge in [0.25, 0.3) is 5.69 Å². The Morgan fingerprint density at radius 2 is 1.74 bits per heavy atom. The lowest BCUT2D eigenvalue weighted by molar-refractivity contribution is -0.384. The summed E-state index contributed by atoms with van der Waals surface area (Å²) in [5.74, 6) is -0.432. The van der Waals surface area contributed by atoms with Crippen molar-refractivity contribution in [3.05, 3.63) is 64.2 Å². The first kappa shape index (κ1) is 27.6. The minimum absolute atomic E-state index is 0.0290. The Balaban J connectivity index is 2.42. The van der Waals surface area contributed by atoms with Crippen LogP contribution in [-0.4, -0.2) is 62.0 Å². The molecule has 2 aromatic carbocycles. The number of nitro benzene ring substituents is 1. The number of nitro groups is 1. The zero-order valence-corrected chi connectivity index (χ0v) is 21.1. The van der Waals surface area contributed by atoms with Crippen molar-refractivity contribution in [3.8, 4) is 5.75 Å². The van der Waals surface area contributed by atoms with Crippen LogP contribution in [0.2, 0.25) is 0 Å². The number of hydrogen-bond donors (Lipinski definition) is 1. The van der Waals surface area contributed by atoms with Crippen molar-refractivity contribution in [2.24, 2.45) is 0 Å². The summed E-state index contributed by atoms with van der Waals surface area (Å²) in [5.41, 5.74) is 0.353. The van der Waals surface area contributed by atoms with Gasteiger partial charge in [0, 0.05) is 24.7 Å². The molecular formula is C23H30N4O7S. The van der Waals surface area contributed by atoms with Crippen LogP contribution in [0, 0.1) is 10.1 Å². The van der Waals surface area contributed by atoms with Gasteiger partial charge in [0.05, 0.1) is 24.0 Å². The maximum absolute atomic E-state index is 13.4. The van der Waals surface area contributed by atoms with Crippen molar-refractivity contribution >= 4 is 33.2 Å². The maximum atomic E-state index is 13.4. The van der Waals surface area contributed by atoms with Crippen molar-refractivity contribution in [2.75, 3.05) is 24.2 Å². The lowest BCUT2D eigenvalue weighted by atomic mass is 10.1. The second-order valence-corrected chi connectivity index (χ2v) is 10.2. The number of carbonyl (C=O) groups excluding carboxylic acids is 2. The molecule has 190 valence electrons. The first-order valence-corrected chi connectivity index (χ1v) is 12.6. The van der Waals surface area contributed by atoms with Crippen LogP contribution in [0.1, 0.15) is 26.3 Å². The van der Waals surface area contributed by atoms with Crippen LogP contribution in [0.3, 0.4) is 0 Å².